The average Bonchev–Trinajstić information content (AvgIpc) is 2.60. The topological polar surface area (TPSA) is 29.3 Å². The third kappa shape index (κ3) is 2.34. The molecule has 2 N–H and O–H groups in total. The number of hydrogen-bond donors (Lipinski definition) is 1. The number of hydrogen-bond acceptors (Lipinski definition) is 2. The number of nitrogens with zero attached hydrogens (tertiary/aromatic N) is 1. The van der Waals surface area contributed by atoms with Crippen LogP contribution in [0.5, 0.6) is 0 Å². The van der Waals surface area contributed by atoms with Crippen LogP contribution >= 0.6 is 15.9 Å². The van der Waals surface area contributed by atoms with Gasteiger partial charge in [-0.25, -0.2) is 0 Å². The summed E-state index contributed by atoms with van der Waals surface area (Å²) in [5.74, 6) is 0. The van der Waals surface area contributed by atoms with E-state index in [9.17, 15) is 0 Å². The number of nitrogen functional groups attached to an aromatic ring is 1. The van der Waals surface area contributed by atoms with E-state index in [1.807, 2.05) is 12.1 Å². The Morgan fingerprint density at radius 2 is 2.33 bits per heavy atom. The van der Waals surface area contributed by atoms with Crippen molar-refractivity contribution in [2.45, 2.75) is 32.4 Å². The molecule has 0 spiro atoms. The van der Waals surface area contributed by atoms with Crippen LogP contribution in [0.2, 0.25) is 0 Å². The van der Waals surface area contributed by atoms with Crippen molar-refractivity contribution in [3.8, 4) is 0 Å². The van der Waals surface area contributed by atoms with Gasteiger partial charge in [-0.3, -0.25) is 4.90 Å². The summed E-state index contributed by atoms with van der Waals surface area (Å²) in [6, 6.07) is 6.81. The summed E-state index contributed by atoms with van der Waals surface area (Å²) in [4.78, 5) is 2.51. The van der Waals surface area contributed by atoms with Crippen molar-refractivity contribution in [1.29, 1.82) is 0 Å². The highest BCUT2D eigenvalue weighted by Crippen LogP contribution is 2.27. The Morgan fingerprint density at radius 1 is 1.53 bits per heavy atom. The lowest BCUT2D eigenvalue weighted by Gasteiger charge is -2.21. The van der Waals surface area contributed by atoms with Gasteiger partial charge >= 0.3 is 0 Å². The van der Waals surface area contributed by atoms with E-state index in [0.29, 0.717) is 6.04 Å². The number of rotatable bonds is 2. The highest BCUT2D eigenvalue weighted by Gasteiger charge is 2.20. The summed E-state index contributed by atoms with van der Waals surface area (Å²) in [7, 11) is 0. The van der Waals surface area contributed by atoms with E-state index >= 15 is 0 Å². The van der Waals surface area contributed by atoms with Gasteiger partial charge in [0.05, 0.1) is 0 Å². The van der Waals surface area contributed by atoms with Crippen molar-refractivity contribution in [1.82, 2.24) is 4.90 Å². The van der Waals surface area contributed by atoms with E-state index in [1.54, 1.807) is 0 Å². The summed E-state index contributed by atoms with van der Waals surface area (Å²) in [5, 5.41) is 0. The average molecular weight is 269 g/mol. The second-order valence-corrected chi connectivity index (χ2v) is 5.08. The first-order valence-corrected chi connectivity index (χ1v) is 6.24. The predicted octanol–water partition coefficient (Wildman–Crippen LogP) is 3.02. The molecule has 1 heterocycles. The van der Waals surface area contributed by atoms with E-state index in [2.05, 4.69) is 33.8 Å². The van der Waals surface area contributed by atoms with Gasteiger partial charge in [0, 0.05) is 22.7 Å². The van der Waals surface area contributed by atoms with Crippen molar-refractivity contribution in [2.75, 3.05) is 12.3 Å². The molecule has 1 aromatic carbocycles. The first-order chi connectivity index (χ1) is 7.18. The molecule has 0 aromatic heterocycles. The number of nitrogens with two attached hydrogens (primary N) is 1. The molecule has 1 aliphatic rings. The first-order valence-electron chi connectivity index (χ1n) is 5.45. The molecule has 1 fully saturated rings. The van der Waals surface area contributed by atoms with Crippen LogP contribution in [0.1, 0.15) is 25.3 Å². The SMILES string of the molecule is CC1CCCN1Cc1cccc(N)c1Br. The summed E-state index contributed by atoms with van der Waals surface area (Å²) in [5.41, 5.74) is 7.99. The minimum absolute atomic E-state index is 0.707. The molecule has 1 aliphatic heterocycles. The molecule has 1 atom stereocenters. The smallest absolute Gasteiger partial charge is 0.0461 e. The second kappa shape index (κ2) is 4.54. The van der Waals surface area contributed by atoms with Crippen LogP contribution in [0.15, 0.2) is 22.7 Å². The Hall–Kier alpha value is -0.540. The van der Waals surface area contributed by atoms with Crippen molar-refractivity contribution in [3.63, 3.8) is 0 Å². The zero-order valence-electron chi connectivity index (χ0n) is 9.04. The Kier molecular flexibility index (Phi) is 3.32. The molecule has 1 aromatic rings. The molecule has 15 heavy (non-hydrogen) atoms. The van der Waals surface area contributed by atoms with E-state index in [4.69, 9.17) is 5.73 Å². The molecule has 0 bridgehead atoms. The van der Waals surface area contributed by atoms with Gasteiger partial charge < -0.3 is 5.73 Å². The largest absolute Gasteiger partial charge is 0.398 e. The molecule has 0 amide bonds. The summed E-state index contributed by atoms with van der Waals surface area (Å²) < 4.78 is 1.06. The maximum absolute atomic E-state index is 5.86. The lowest BCUT2D eigenvalue weighted by molar-refractivity contribution is 0.260. The molecule has 1 unspecified atom stereocenters. The molecule has 2 rings (SSSR count). The first kappa shape index (κ1) is 11.0. The fraction of sp³-hybridized carbons (Fsp3) is 0.500. The lowest BCUT2D eigenvalue weighted by Crippen LogP contribution is -2.26. The third-order valence-electron chi connectivity index (χ3n) is 3.17. The number of likely N-dealkylation sites (tertiary alicyclic amines) is 1. The van der Waals surface area contributed by atoms with Crippen LogP contribution in [0.4, 0.5) is 5.69 Å². The van der Waals surface area contributed by atoms with Gasteiger partial charge in [0.25, 0.3) is 0 Å². The molecule has 0 saturated carbocycles. The van der Waals surface area contributed by atoms with Crippen LogP contribution in [0.25, 0.3) is 0 Å². The van der Waals surface area contributed by atoms with Gasteiger partial charge in [-0.2, -0.15) is 0 Å². The van der Waals surface area contributed by atoms with E-state index in [-0.39, 0.29) is 0 Å². The number of benzene rings is 1. The number of anilines is 1. The quantitative estimate of drug-likeness (QED) is 0.836. The van der Waals surface area contributed by atoms with E-state index in [1.165, 1.54) is 24.9 Å². The Bertz CT molecular complexity index is 351. The van der Waals surface area contributed by atoms with Crippen molar-refractivity contribution < 1.29 is 0 Å². The molecule has 3 heteroatoms. The maximum Gasteiger partial charge on any atom is 0.0461 e. The summed E-state index contributed by atoms with van der Waals surface area (Å²) >= 11 is 3.56. The van der Waals surface area contributed by atoms with Crippen molar-refractivity contribution in [2.24, 2.45) is 0 Å². The highest BCUT2D eigenvalue weighted by atomic mass is 79.9. The predicted molar refractivity (Wildman–Crippen MR) is 67.7 cm³/mol. The molecular weight excluding hydrogens is 252 g/mol. The maximum atomic E-state index is 5.86. The Labute approximate surface area is 99.6 Å². The van der Waals surface area contributed by atoms with Crippen LogP contribution in [-0.2, 0) is 6.54 Å². The Morgan fingerprint density at radius 3 is 3.00 bits per heavy atom. The van der Waals surface area contributed by atoms with Crippen molar-refractivity contribution >= 4 is 21.6 Å². The summed E-state index contributed by atoms with van der Waals surface area (Å²) in [6.45, 7) is 4.52. The zero-order valence-corrected chi connectivity index (χ0v) is 10.6. The van der Waals surface area contributed by atoms with E-state index in [0.717, 1.165) is 16.7 Å². The molecule has 0 aliphatic carbocycles. The second-order valence-electron chi connectivity index (χ2n) is 4.28. The van der Waals surface area contributed by atoms with Crippen LogP contribution in [0, 0.1) is 0 Å². The minimum Gasteiger partial charge on any atom is -0.398 e. The molecule has 0 radical (unpaired) electrons. The van der Waals surface area contributed by atoms with Crippen LogP contribution in [0.3, 0.4) is 0 Å². The fourth-order valence-electron chi connectivity index (χ4n) is 2.17. The zero-order chi connectivity index (χ0) is 10.8. The van der Waals surface area contributed by atoms with Gasteiger partial charge in [0.15, 0.2) is 0 Å². The van der Waals surface area contributed by atoms with E-state index < -0.39 is 0 Å². The lowest BCUT2D eigenvalue weighted by atomic mass is 10.2. The van der Waals surface area contributed by atoms with Gasteiger partial charge in [-0.1, -0.05) is 12.1 Å². The fourth-order valence-corrected chi connectivity index (χ4v) is 2.56. The van der Waals surface area contributed by atoms with Gasteiger partial charge in [0.1, 0.15) is 0 Å². The van der Waals surface area contributed by atoms with Crippen molar-refractivity contribution in [3.05, 3.63) is 28.2 Å². The standard InChI is InChI=1S/C12H17BrN2/c1-9-4-3-7-15(9)8-10-5-2-6-11(14)12(10)13/h2,5-6,9H,3-4,7-8,14H2,1H3. The summed E-state index contributed by atoms with van der Waals surface area (Å²) in [6.07, 6.45) is 2.64. The molecule has 2 nitrogen and oxygen atoms in total. The van der Waals surface area contributed by atoms with Gasteiger partial charge in [-0.05, 0) is 53.9 Å². The third-order valence-corrected chi connectivity index (χ3v) is 4.14. The number of halogens is 1. The highest BCUT2D eigenvalue weighted by molar-refractivity contribution is 9.10. The van der Waals surface area contributed by atoms with Crippen LogP contribution < -0.4 is 5.73 Å². The molecular formula is C12H17BrN2. The molecule has 1 saturated heterocycles. The normalized spacial score (nSPS) is 22.1. The van der Waals surface area contributed by atoms with Crippen LogP contribution in [-0.4, -0.2) is 17.5 Å². The van der Waals surface area contributed by atoms with Gasteiger partial charge in [-0.15, -0.1) is 0 Å². The van der Waals surface area contributed by atoms with Gasteiger partial charge in [0.2, 0.25) is 0 Å². The molecule has 82 valence electrons. The minimum atomic E-state index is 0.707. The monoisotopic (exact) mass is 268 g/mol. The Balaban J connectivity index is 2.13.